The Hall–Kier alpha value is -2.43. The highest BCUT2D eigenvalue weighted by atomic mass is 16.5. The molecule has 0 amide bonds. The summed E-state index contributed by atoms with van der Waals surface area (Å²) in [6, 6.07) is 4.01. The Kier molecular flexibility index (Phi) is 10.2. The fraction of sp³-hybridized carbons (Fsp3) is 0.522. The highest BCUT2D eigenvalue weighted by Crippen LogP contribution is 2.34. The van der Waals surface area contributed by atoms with Gasteiger partial charge in [-0.3, -0.25) is 0 Å². The van der Waals surface area contributed by atoms with E-state index in [2.05, 4.69) is 25.8 Å². The number of hydrogen-bond donors (Lipinski definition) is 0. The molecule has 1 aromatic carbocycles. The van der Waals surface area contributed by atoms with Crippen molar-refractivity contribution < 1.29 is 9.15 Å². The molecule has 0 N–H and O–H groups in total. The Bertz CT molecular complexity index is 827. The van der Waals surface area contributed by atoms with Crippen molar-refractivity contribution in [3.63, 3.8) is 0 Å². The van der Waals surface area contributed by atoms with E-state index in [-0.39, 0.29) is 0 Å². The molecule has 0 saturated carbocycles. The molecular formula is C23H35N3O2. The summed E-state index contributed by atoms with van der Waals surface area (Å²) in [4.78, 5) is 13.5. The average Bonchev–Trinajstić information content (AvgIpc) is 3.28. The third-order valence-corrected chi connectivity index (χ3v) is 4.12. The van der Waals surface area contributed by atoms with Crippen molar-refractivity contribution in [3.8, 4) is 17.1 Å². The maximum absolute atomic E-state index is 5.54. The molecule has 0 saturated heterocycles. The number of methoxy groups -OCH3 is 1. The summed E-state index contributed by atoms with van der Waals surface area (Å²) in [7, 11) is 1.66. The molecule has 0 spiro atoms. The lowest BCUT2D eigenvalue weighted by Gasteiger charge is -2.12. The van der Waals surface area contributed by atoms with Gasteiger partial charge in [0.05, 0.1) is 30.1 Å². The van der Waals surface area contributed by atoms with Crippen LogP contribution in [-0.2, 0) is 12.8 Å². The van der Waals surface area contributed by atoms with Gasteiger partial charge in [0.15, 0.2) is 12.2 Å². The van der Waals surface area contributed by atoms with Gasteiger partial charge in [0.1, 0.15) is 11.6 Å². The average molecular weight is 386 g/mol. The van der Waals surface area contributed by atoms with E-state index < -0.39 is 0 Å². The van der Waals surface area contributed by atoms with Crippen molar-refractivity contribution in [2.45, 2.75) is 67.7 Å². The van der Waals surface area contributed by atoms with Gasteiger partial charge in [-0.1, -0.05) is 48.5 Å². The molecule has 0 bridgehead atoms. The first-order chi connectivity index (χ1) is 13.6. The molecule has 2 heterocycles. The van der Waals surface area contributed by atoms with Crippen LogP contribution in [-0.4, -0.2) is 22.1 Å². The number of rotatable bonds is 6. The Labute approximate surface area is 169 Å². The maximum Gasteiger partial charge on any atom is 0.181 e. The Balaban J connectivity index is 0.000000921. The number of hydrogen-bond acceptors (Lipinski definition) is 5. The molecule has 0 atom stereocenters. The minimum Gasteiger partial charge on any atom is -0.496 e. The number of aromatic nitrogens is 3. The monoisotopic (exact) mass is 385 g/mol. The zero-order valence-corrected chi connectivity index (χ0v) is 18.7. The second-order valence-electron chi connectivity index (χ2n) is 6.31. The van der Waals surface area contributed by atoms with Gasteiger partial charge in [-0.2, -0.15) is 0 Å². The normalized spacial score (nSPS) is 10.2. The molecule has 0 aliphatic rings. The summed E-state index contributed by atoms with van der Waals surface area (Å²) in [5, 5.41) is 1.04. The number of fused-ring (bicyclic) bond motifs is 1. The van der Waals surface area contributed by atoms with Gasteiger partial charge in [-0.15, -0.1) is 0 Å². The van der Waals surface area contributed by atoms with E-state index >= 15 is 0 Å². The highest BCUT2D eigenvalue weighted by Gasteiger charge is 2.15. The quantitative estimate of drug-likeness (QED) is 0.485. The van der Waals surface area contributed by atoms with Crippen molar-refractivity contribution in [2.75, 3.05) is 7.11 Å². The van der Waals surface area contributed by atoms with Crippen LogP contribution in [0.4, 0.5) is 0 Å². The fourth-order valence-corrected chi connectivity index (χ4v) is 2.78. The first-order valence-electron chi connectivity index (χ1n) is 10.4. The van der Waals surface area contributed by atoms with Crippen molar-refractivity contribution in [1.29, 1.82) is 0 Å². The molecule has 3 aromatic rings. The highest BCUT2D eigenvalue weighted by molar-refractivity contribution is 5.88. The van der Waals surface area contributed by atoms with Crippen LogP contribution in [0.5, 0.6) is 5.75 Å². The van der Waals surface area contributed by atoms with Crippen LogP contribution >= 0.6 is 0 Å². The van der Waals surface area contributed by atoms with E-state index in [1.807, 2.05) is 39.8 Å². The molecule has 154 valence electrons. The summed E-state index contributed by atoms with van der Waals surface area (Å²) in [5.74, 6) is 2.95. The number of oxazole rings is 1. The van der Waals surface area contributed by atoms with E-state index in [4.69, 9.17) is 19.1 Å². The van der Waals surface area contributed by atoms with E-state index in [1.54, 1.807) is 13.3 Å². The smallest absolute Gasteiger partial charge is 0.181 e. The summed E-state index contributed by atoms with van der Waals surface area (Å²) in [5.41, 5.74) is 2.85. The molecule has 2 aromatic heterocycles. The number of ether oxygens (including phenoxy) is 1. The molecule has 0 unspecified atom stereocenters. The molecule has 0 aliphatic carbocycles. The van der Waals surface area contributed by atoms with E-state index in [0.29, 0.717) is 11.7 Å². The van der Waals surface area contributed by atoms with E-state index in [0.717, 1.165) is 53.0 Å². The zero-order chi connectivity index (χ0) is 21.1. The molecule has 3 rings (SSSR count). The lowest BCUT2D eigenvalue weighted by Crippen LogP contribution is -2.03. The molecule has 5 nitrogen and oxygen atoms in total. The van der Waals surface area contributed by atoms with Crippen molar-refractivity contribution in [1.82, 2.24) is 15.0 Å². The Morgan fingerprint density at radius 3 is 2.32 bits per heavy atom. The minimum atomic E-state index is 0.637. The predicted molar refractivity (Wildman–Crippen MR) is 117 cm³/mol. The van der Waals surface area contributed by atoms with Gasteiger partial charge >= 0.3 is 0 Å². The van der Waals surface area contributed by atoms with Gasteiger partial charge in [-0.25, -0.2) is 15.0 Å². The summed E-state index contributed by atoms with van der Waals surface area (Å²) in [6.45, 7) is 14.6. The summed E-state index contributed by atoms with van der Waals surface area (Å²) in [6.07, 6.45) is 5.95. The lowest BCUT2D eigenvalue weighted by atomic mass is 10.0. The molecule has 28 heavy (non-hydrogen) atoms. The van der Waals surface area contributed by atoms with Crippen molar-refractivity contribution in [2.24, 2.45) is 5.92 Å². The Morgan fingerprint density at radius 2 is 1.79 bits per heavy atom. The lowest BCUT2D eigenvalue weighted by molar-refractivity contribution is 0.415. The van der Waals surface area contributed by atoms with Crippen molar-refractivity contribution >= 4 is 10.9 Å². The first-order valence-corrected chi connectivity index (χ1v) is 10.4. The summed E-state index contributed by atoms with van der Waals surface area (Å²) < 4.78 is 11.0. The molecular weight excluding hydrogens is 350 g/mol. The van der Waals surface area contributed by atoms with Crippen LogP contribution in [0.3, 0.4) is 0 Å². The third kappa shape index (κ3) is 5.78. The van der Waals surface area contributed by atoms with Gasteiger partial charge < -0.3 is 9.15 Å². The van der Waals surface area contributed by atoms with Crippen LogP contribution in [0.1, 0.15) is 66.4 Å². The van der Waals surface area contributed by atoms with E-state index in [1.165, 1.54) is 6.39 Å². The van der Waals surface area contributed by atoms with Gasteiger partial charge in [-0.05, 0) is 24.8 Å². The minimum absolute atomic E-state index is 0.637. The van der Waals surface area contributed by atoms with Crippen molar-refractivity contribution in [3.05, 3.63) is 36.2 Å². The number of benzene rings is 1. The maximum atomic E-state index is 5.54. The molecule has 0 fully saturated rings. The van der Waals surface area contributed by atoms with Crippen LogP contribution < -0.4 is 4.74 Å². The number of aryl methyl sites for hydroxylation is 2. The van der Waals surface area contributed by atoms with Crippen LogP contribution in [0.2, 0.25) is 0 Å². The third-order valence-electron chi connectivity index (χ3n) is 4.12. The standard InChI is InChI=1S/C19H23N3O2.2C2H6/c1-5-15-13-8-14(18-10-20-11-24-18)17(23-4)9-16(13)22-19(21-15)7-6-12(2)3;2*1-2/h8-12H,5-7H2,1-4H3;2*1-2H3. The van der Waals surface area contributed by atoms with Crippen LogP contribution in [0, 0.1) is 5.92 Å². The predicted octanol–water partition coefficient (Wildman–Crippen LogP) is 6.50. The zero-order valence-electron chi connectivity index (χ0n) is 18.7. The Morgan fingerprint density at radius 1 is 1.07 bits per heavy atom. The SMILES string of the molecule is CC.CC.CCc1nc(CCC(C)C)nc2cc(OC)c(-c3cnco3)cc12. The summed E-state index contributed by atoms with van der Waals surface area (Å²) >= 11 is 0. The largest absolute Gasteiger partial charge is 0.496 e. The van der Waals surface area contributed by atoms with Gasteiger partial charge in [0, 0.05) is 17.9 Å². The number of nitrogens with zero attached hydrogens (tertiary/aromatic N) is 3. The second kappa shape index (κ2) is 12.1. The molecule has 0 radical (unpaired) electrons. The van der Waals surface area contributed by atoms with E-state index in [9.17, 15) is 0 Å². The molecule has 5 heteroatoms. The van der Waals surface area contributed by atoms with Crippen LogP contribution in [0.15, 0.2) is 29.1 Å². The fourth-order valence-electron chi connectivity index (χ4n) is 2.78. The van der Waals surface area contributed by atoms with Gasteiger partial charge in [0.2, 0.25) is 0 Å². The van der Waals surface area contributed by atoms with Crippen LogP contribution in [0.25, 0.3) is 22.2 Å². The first kappa shape index (κ1) is 23.6. The van der Waals surface area contributed by atoms with Gasteiger partial charge in [0.25, 0.3) is 0 Å². The topological polar surface area (TPSA) is 61.0 Å². The second-order valence-corrected chi connectivity index (χ2v) is 6.31. The molecule has 0 aliphatic heterocycles.